The lowest BCUT2D eigenvalue weighted by Crippen LogP contribution is -1.97. The molecule has 2 aromatic carbocycles. The molecule has 0 saturated carbocycles. The molecular formula is C18H12ClF2NO. The number of aryl methyl sites for hydroxylation is 1. The number of Topliss-reactive ketones (excluding diaryl/α,β-unsaturated/α-hetero) is 1. The average Bonchev–Trinajstić information content (AvgIpc) is 2.46. The summed E-state index contributed by atoms with van der Waals surface area (Å²) in [6.07, 6.45) is 1.54. The number of aromatic nitrogens is 1. The van der Waals surface area contributed by atoms with Gasteiger partial charge >= 0.3 is 0 Å². The number of nitrogens with zero attached hydrogens (tertiary/aromatic N) is 1. The number of halogens is 3. The lowest BCUT2D eigenvalue weighted by Gasteiger charge is -2.12. The molecule has 0 radical (unpaired) electrons. The van der Waals surface area contributed by atoms with E-state index in [1.807, 2.05) is 6.92 Å². The Hall–Kier alpha value is -2.33. The van der Waals surface area contributed by atoms with Crippen LogP contribution in [0, 0.1) is 18.6 Å². The van der Waals surface area contributed by atoms with E-state index >= 15 is 0 Å². The van der Waals surface area contributed by atoms with Crippen LogP contribution in [0.5, 0.6) is 0 Å². The van der Waals surface area contributed by atoms with E-state index in [1.165, 1.54) is 13.1 Å². The highest BCUT2D eigenvalue weighted by molar-refractivity contribution is 6.33. The zero-order valence-electron chi connectivity index (χ0n) is 12.5. The number of ketones is 1. The number of hydrogen-bond donors (Lipinski definition) is 0. The molecule has 23 heavy (non-hydrogen) atoms. The topological polar surface area (TPSA) is 30.0 Å². The van der Waals surface area contributed by atoms with Crippen LogP contribution in [0.2, 0.25) is 5.02 Å². The Morgan fingerprint density at radius 3 is 2.57 bits per heavy atom. The molecule has 0 bridgehead atoms. The largest absolute Gasteiger partial charge is 0.295 e. The third-order valence-electron chi connectivity index (χ3n) is 3.72. The first kappa shape index (κ1) is 15.6. The molecule has 0 N–H and O–H groups in total. The van der Waals surface area contributed by atoms with Crippen molar-refractivity contribution in [3.63, 3.8) is 0 Å². The normalized spacial score (nSPS) is 11.0. The van der Waals surface area contributed by atoms with Gasteiger partial charge in [0.1, 0.15) is 11.6 Å². The number of hydrogen-bond acceptors (Lipinski definition) is 2. The zero-order valence-corrected chi connectivity index (χ0v) is 13.2. The predicted octanol–water partition coefficient (Wildman–Crippen LogP) is 5.34. The van der Waals surface area contributed by atoms with Crippen LogP contribution < -0.4 is 0 Å². The van der Waals surface area contributed by atoms with E-state index < -0.39 is 11.6 Å². The summed E-state index contributed by atoms with van der Waals surface area (Å²) in [5.41, 5.74) is 2.52. The van der Waals surface area contributed by atoms with Crippen LogP contribution in [-0.2, 0) is 0 Å². The summed E-state index contributed by atoms with van der Waals surface area (Å²) in [6, 6.07) is 6.85. The van der Waals surface area contributed by atoms with Crippen molar-refractivity contribution in [3.05, 3.63) is 64.3 Å². The maximum atomic E-state index is 14.3. The summed E-state index contributed by atoms with van der Waals surface area (Å²) < 4.78 is 27.6. The molecule has 0 aliphatic carbocycles. The van der Waals surface area contributed by atoms with Gasteiger partial charge in [-0.2, -0.15) is 0 Å². The summed E-state index contributed by atoms with van der Waals surface area (Å²) in [6.45, 7) is 3.29. The van der Waals surface area contributed by atoms with Crippen molar-refractivity contribution in [2.24, 2.45) is 0 Å². The van der Waals surface area contributed by atoms with Crippen molar-refractivity contribution < 1.29 is 13.6 Å². The summed E-state index contributed by atoms with van der Waals surface area (Å²) in [5.74, 6) is -1.60. The van der Waals surface area contributed by atoms with Gasteiger partial charge in [-0.3, -0.25) is 9.78 Å². The molecule has 1 heterocycles. The smallest absolute Gasteiger partial charge is 0.159 e. The number of fused-ring (bicyclic) bond motifs is 1. The van der Waals surface area contributed by atoms with Gasteiger partial charge < -0.3 is 0 Å². The van der Waals surface area contributed by atoms with Gasteiger partial charge in [-0.05, 0) is 49.2 Å². The van der Waals surface area contributed by atoms with E-state index in [2.05, 4.69) is 4.98 Å². The first-order chi connectivity index (χ1) is 10.9. The van der Waals surface area contributed by atoms with Crippen LogP contribution in [0.15, 0.2) is 36.5 Å². The van der Waals surface area contributed by atoms with Gasteiger partial charge in [-0.15, -0.1) is 0 Å². The van der Waals surface area contributed by atoms with Crippen LogP contribution in [0.25, 0.3) is 22.0 Å². The number of rotatable bonds is 2. The van der Waals surface area contributed by atoms with Crippen LogP contribution in [-0.4, -0.2) is 10.8 Å². The molecule has 0 atom stereocenters. The van der Waals surface area contributed by atoms with Crippen LogP contribution in [0.3, 0.4) is 0 Å². The minimum Gasteiger partial charge on any atom is -0.295 e. The fraction of sp³-hybridized carbons (Fsp3) is 0.111. The summed E-state index contributed by atoms with van der Waals surface area (Å²) in [5, 5.41) is 0.575. The van der Waals surface area contributed by atoms with Gasteiger partial charge in [-0.1, -0.05) is 11.6 Å². The second-order valence-electron chi connectivity index (χ2n) is 5.35. The molecule has 0 saturated heterocycles. The van der Waals surface area contributed by atoms with Gasteiger partial charge in [-0.25, -0.2) is 8.78 Å². The maximum Gasteiger partial charge on any atom is 0.159 e. The fourth-order valence-electron chi connectivity index (χ4n) is 2.65. The Morgan fingerprint density at radius 2 is 1.91 bits per heavy atom. The Balaban J connectivity index is 2.41. The molecule has 116 valence electrons. The number of carbonyl (C=O) groups is 1. The molecule has 0 aliphatic heterocycles. The highest BCUT2D eigenvalue weighted by Gasteiger charge is 2.17. The minimum absolute atomic E-state index is 0.0270. The Bertz CT molecular complexity index is 930. The van der Waals surface area contributed by atoms with Gasteiger partial charge in [0, 0.05) is 28.8 Å². The van der Waals surface area contributed by atoms with E-state index in [9.17, 15) is 13.6 Å². The molecule has 0 spiro atoms. The first-order valence-corrected chi connectivity index (χ1v) is 7.31. The summed E-state index contributed by atoms with van der Waals surface area (Å²) in [4.78, 5) is 16.0. The maximum absolute atomic E-state index is 14.3. The van der Waals surface area contributed by atoms with Crippen molar-refractivity contribution in [2.45, 2.75) is 13.8 Å². The Kier molecular flexibility index (Phi) is 3.86. The number of benzene rings is 2. The molecular weight excluding hydrogens is 320 g/mol. The summed E-state index contributed by atoms with van der Waals surface area (Å²) >= 11 is 6.04. The molecule has 2 nitrogen and oxygen atoms in total. The monoisotopic (exact) mass is 331 g/mol. The van der Waals surface area contributed by atoms with Crippen molar-refractivity contribution in [1.29, 1.82) is 0 Å². The SMILES string of the molecule is CC(=O)c1cc(C)c2nccc(-c3c(F)cc(F)cc3Cl)c2c1. The van der Waals surface area contributed by atoms with E-state index in [-0.39, 0.29) is 16.4 Å². The number of carbonyl (C=O) groups excluding carboxylic acids is 1. The molecule has 0 fully saturated rings. The van der Waals surface area contributed by atoms with Crippen LogP contribution >= 0.6 is 11.6 Å². The van der Waals surface area contributed by atoms with Crippen molar-refractivity contribution >= 4 is 28.3 Å². The van der Waals surface area contributed by atoms with Crippen LogP contribution in [0.4, 0.5) is 8.78 Å². The average molecular weight is 332 g/mol. The second kappa shape index (κ2) is 5.70. The van der Waals surface area contributed by atoms with Crippen LogP contribution in [0.1, 0.15) is 22.8 Å². The molecule has 3 rings (SSSR count). The van der Waals surface area contributed by atoms with Crippen molar-refractivity contribution in [3.8, 4) is 11.1 Å². The first-order valence-electron chi connectivity index (χ1n) is 6.93. The van der Waals surface area contributed by atoms with Gasteiger partial charge in [0.2, 0.25) is 0 Å². The summed E-state index contributed by atoms with van der Waals surface area (Å²) in [7, 11) is 0. The van der Waals surface area contributed by atoms with Crippen molar-refractivity contribution in [1.82, 2.24) is 4.98 Å². The molecule has 0 unspecified atom stereocenters. The van der Waals surface area contributed by atoms with E-state index in [0.29, 0.717) is 22.0 Å². The predicted molar refractivity (Wildman–Crippen MR) is 86.8 cm³/mol. The molecule has 1 aromatic heterocycles. The van der Waals surface area contributed by atoms with Crippen molar-refractivity contribution in [2.75, 3.05) is 0 Å². The molecule has 0 amide bonds. The standard InChI is InChI=1S/C18H12ClF2NO/c1-9-5-11(10(2)23)6-14-13(3-4-22-18(9)14)17-15(19)7-12(20)8-16(17)21/h3-8H,1-2H3. The third kappa shape index (κ3) is 2.70. The van der Waals surface area contributed by atoms with Gasteiger partial charge in [0.05, 0.1) is 10.5 Å². The fourth-order valence-corrected chi connectivity index (χ4v) is 2.95. The Labute approximate surface area is 136 Å². The van der Waals surface area contributed by atoms with E-state index in [1.54, 1.807) is 18.2 Å². The minimum atomic E-state index is -0.756. The lowest BCUT2D eigenvalue weighted by molar-refractivity contribution is 0.101. The second-order valence-corrected chi connectivity index (χ2v) is 5.76. The van der Waals surface area contributed by atoms with Gasteiger partial charge in [0.15, 0.2) is 5.78 Å². The third-order valence-corrected chi connectivity index (χ3v) is 4.02. The lowest BCUT2D eigenvalue weighted by atomic mass is 9.96. The zero-order chi connectivity index (χ0) is 16.7. The number of pyridine rings is 1. The molecule has 5 heteroatoms. The Morgan fingerprint density at radius 1 is 1.17 bits per heavy atom. The quantitative estimate of drug-likeness (QED) is 0.593. The van der Waals surface area contributed by atoms with Gasteiger partial charge in [0.25, 0.3) is 0 Å². The van der Waals surface area contributed by atoms with E-state index in [4.69, 9.17) is 11.6 Å². The van der Waals surface area contributed by atoms with E-state index in [0.717, 1.165) is 17.7 Å². The molecule has 0 aliphatic rings. The highest BCUT2D eigenvalue weighted by Crippen LogP contribution is 2.36. The highest BCUT2D eigenvalue weighted by atomic mass is 35.5. The molecule has 3 aromatic rings.